The van der Waals surface area contributed by atoms with Crippen LogP contribution in [0.1, 0.15) is 24.2 Å². The molecule has 2 aromatic carbocycles. The Balaban J connectivity index is 0.000000718. The Labute approximate surface area is 190 Å². The Kier molecular flexibility index (Phi) is 8.58. The van der Waals surface area contributed by atoms with Crippen LogP contribution in [0.25, 0.3) is 4.98 Å². The van der Waals surface area contributed by atoms with E-state index in [9.17, 15) is 35.4 Å². The van der Waals surface area contributed by atoms with Crippen LogP contribution in [0.4, 0.5) is 36.6 Å². The van der Waals surface area contributed by atoms with Gasteiger partial charge in [0.2, 0.25) is 11.1 Å². The summed E-state index contributed by atoms with van der Waals surface area (Å²) in [6.07, 6.45) is 0. The maximum absolute atomic E-state index is 12.7. The van der Waals surface area contributed by atoms with Crippen LogP contribution in [0.3, 0.4) is 0 Å². The number of hydrogen-bond acceptors (Lipinski definition) is 6. The predicted molar refractivity (Wildman–Crippen MR) is 115 cm³/mol. The number of benzene rings is 2. The van der Waals surface area contributed by atoms with Gasteiger partial charge in [0, 0.05) is 17.7 Å². The zero-order chi connectivity index (χ0) is 26.2. The normalized spacial score (nSPS) is 12.6. The van der Waals surface area contributed by atoms with Crippen LogP contribution < -0.4 is 24.3 Å². The predicted octanol–water partition coefficient (Wildman–Crippen LogP) is 7.62. The zero-order valence-electron chi connectivity index (χ0n) is 18.5. The molecule has 0 aromatic heterocycles. The molecule has 0 bridgehead atoms. The van der Waals surface area contributed by atoms with E-state index in [-0.39, 0.29) is 11.6 Å². The summed E-state index contributed by atoms with van der Waals surface area (Å²) in [4.78, 5) is 15.9. The molecular weight excluding hydrogens is 495 g/mol. The van der Waals surface area contributed by atoms with Crippen molar-refractivity contribution in [2.45, 2.75) is 13.8 Å². The van der Waals surface area contributed by atoms with Crippen molar-refractivity contribution in [2.75, 3.05) is 32.8 Å². The fraction of sp³-hybridized carbons (Fsp3) is 0.316. The molecule has 0 aliphatic heterocycles. The van der Waals surface area contributed by atoms with Gasteiger partial charge in [-0.15, -0.1) is 0 Å². The van der Waals surface area contributed by atoms with Gasteiger partial charge >= 0.3 is 38.7 Å². The summed E-state index contributed by atoms with van der Waals surface area (Å²) in [5.74, 6) is 1.28. The summed E-state index contributed by atoms with van der Waals surface area (Å²) in [5.41, 5.74) is 0.948. The van der Waals surface area contributed by atoms with Crippen LogP contribution in [0.2, 0.25) is 0 Å². The van der Waals surface area contributed by atoms with E-state index in [0.717, 1.165) is 0 Å². The summed E-state index contributed by atoms with van der Waals surface area (Å²) in [6.45, 7) is 4.36. The molecule has 0 heterocycles. The van der Waals surface area contributed by atoms with Gasteiger partial charge in [-0.1, -0.05) is 0 Å². The first-order valence-electron chi connectivity index (χ1n) is 9.40. The van der Waals surface area contributed by atoms with Crippen LogP contribution in [0.15, 0.2) is 30.3 Å². The molecule has 0 spiro atoms. The minimum atomic E-state index is -10.7. The van der Waals surface area contributed by atoms with Crippen molar-refractivity contribution in [3.8, 4) is 23.0 Å². The summed E-state index contributed by atoms with van der Waals surface area (Å²) < 4.78 is 80.6. The fourth-order valence-electron chi connectivity index (χ4n) is 2.40. The average molecular weight is 517 g/mol. The van der Waals surface area contributed by atoms with Crippen molar-refractivity contribution in [3.05, 3.63) is 40.9 Å². The summed E-state index contributed by atoms with van der Waals surface area (Å²) in [5, 5.41) is 12.0. The molecule has 1 N–H and O–H groups in total. The quantitative estimate of drug-likeness (QED) is 0.220. The molecule has 0 atom stereocenters. The number of ether oxygens (including phenoxy) is 4. The molecule has 1 amide bonds. The third-order valence-electron chi connectivity index (χ3n) is 3.63. The molecule has 34 heavy (non-hydrogen) atoms. The Morgan fingerprint density at radius 1 is 0.882 bits per heavy atom. The fourth-order valence-corrected chi connectivity index (χ4v) is 2.40. The van der Waals surface area contributed by atoms with Crippen molar-refractivity contribution in [3.63, 3.8) is 0 Å². The van der Waals surface area contributed by atoms with Gasteiger partial charge in [-0.25, -0.2) is 0 Å². The third kappa shape index (κ3) is 10.9. The van der Waals surface area contributed by atoms with Crippen molar-refractivity contribution >= 4 is 25.1 Å². The second kappa shape index (κ2) is 10.2. The number of nitrogens with zero attached hydrogens (tertiary/aromatic N) is 2. The number of halogens is 6. The number of carbonyl (C=O) groups excluding carboxylic acids is 1. The van der Waals surface area contributed by atoms with Crippen molar-refractivity contribution < 1.29 is 48.9 Å². The van der Waals surface area contributed by atoms with E-state index in [1.54, 1.807) is 31.2 Å². The number of amides is 1. The number of carbonyl (C=O) groups is 1. The molecule has 0 radical (unpaired) electrons. The van der Waals surface area contributed by atoms with Gasteiger partial charge in [-0.05, 0) is 26.0 Å². The molecule has 0 saturated carbocycles. The molecule has 0 aliphatic rings. The number of hydrogen-bond donors (Lipinski definition) is 1. The molecule has 0 aliphatic carbocycles. The Morgan fingerprint density at radius 3 is 1.76 bits per heavy atom. The van der Waals surface area contributed by atoms with E-state index in [0.29, 0.717) is 47.5 Å². The van der Waals surface area contributed by atoms with E-state index in [4.69, 9.17) is 18.9 Å². The number of rotatable bonds is 8. The average Bonchev–Trinajstić information content (AvgIpc) is 2.72. The van der Waals surface area contributed by atoms with Gasteiger partial charge in [0.05, 0.1) is 39.2 Å². The Bertz CT molecular complexity index is 1040. The summed E-state index contributed by atoms with van der Waals surface area (Å²) >= 11 is 0. The van der Waals surface area contributed by atoms with Gasteiger partial charge in [-0.2, -0.15) is 0 Å². The van der Waals surface area contributed by atoms with Crippen molar-refractivity contribution in [1.82, 2.24) is 0 Å². The van der Waals surface area contributed by atoms with E-state index in [1.165, 1.54) is 20.3 Å². The van der Waals surface area contributed by atoms with Crippen LogP contribution >= 0.6 is 7.81 Å². The van der Waals surface area contributed by atoms with Gasteiger partial charge in [-0.3, -0.25) is 4.79 Å². The summed E-state index contributed by atoms with van der Waals surface area (Å²) in [6, 6.07) is 7.92. The third-order valence-corrected chi connectivity index (χ3v) is 3.63. The van der Waals surface area contributed by atoms with Crippen molar-refractivity contribution in [2.24, 2.45) is 0 Å². The summed E-state index contributed by atoms with van der Waals surface area (Å²) in [7, 11) is -7.64. The monoisotopic (exact) mass is 517 g/mol. The van der Waals surface area contributed by atoms with Crippen LogP contribution in [-0.4, -0.2) is 33.3 Å². The van der Waals surface area contributed by atoms with Gasteiger partial charge < -0.3 is 24.3 Å². The number of methoxy groups -OCH3 is 2. The molecule has 15 heteroatoms. The van der Waals surface area contributed by atoms with E-state index >= 15 is 0 Å². The molecule has 190 valence electrons. The Morgan fingerprint density at radius 2 is 1.35 bits per heavy atom. The van der Waals surface area contributed by atoms with Crippen LogP contribution in [0.5, 0.6) is 23.0 Å². The Hall–Kier alpha value is -3.46. The van der Waals surface area contributed by atoms with Crippen LogP contribution in [-0.2, 0) is 0 Å². The second-order valence-corrected chi connectivity index (χ2v) is 8.21. The molecule has 8 nitrogen and oxygen atoms in total. The van der Waals surface area contributed by atoms with Crippen LogP contribution in [0, 0.1) is 5.39 Å². The minimum absolute atomic E-state index is 0.210. The van der Waals surface area contributed by atoms with Gasteiger partial charge in [0.15, 0.2) is 10.7 Å². The molecule has 2 aromatic rings. The van der Waals surface area contributed by atoms with Crippen molar-refractivity contribution in [1.29, 1.82) is 5.39 Å². The second-order valence-electron chi connectivity index (χ2n) is 6.30. The molecule has 2 rings (SSSR count). The number of nitrogens with one attached hydrogen (secondary N) is 1. The molecule has 0 fully saturated rings. The molecule has 0 saturated heterocycles. The molecule has 0 unspecified atom stereocenters. The SMILES string of the molecule is CCOc1cc(NC(=O)c2cc(OC)cc(OC)c2)c(OCC)cc1[N+]#N.F[P-](F)(F)(F)(F)F. The van der Waals surface area contributed by atoms with E-state index in [2.05, 4.69) is 10.3 Å². The number of diazo groups is 1. The first-order chi connectivity index (χ1) is 15.5. The number of anilines is 1. The zero-order valence-corrected chi connectivity index (χ0v) is 19.3. The van der Waals surface area contributed by atoms with Gasteiger partial charge in [0.25, 0.3) is 5.91 Å². The topological polar surface area (TPSA) is 94.2 Å². The maximum atomic E-state index is 12.7. The molecular formula is C19H22F6N3O5P. The standard InChI is InChI=1S/C19H21N3O5.F6P/c1-5-26-17-11-16(22-20)18(27-6-2)10-15(17)21-19(23)12-7-13(24-3)9-14(8-12)25-4;1-7(2,3,4,5)6/h7-11H,5-6H2,1-4H3;/q;-1/p+1. The first kappa shape index (κ1) is 28.6. The van der Waals surface area contributed by atoms with E-state index < -0.39 is 7.81 Å². The van der Waals surface area contributed by atoms with E-state index in [1.807, 2.05) is 6.92 Å². The van der Waals surface area contributed by atoms with Gasteiger partial charge in [0.1, 0.15) is 11.5 Å². The first-order valence-corrected chi connectivity index (χ1v) is 11.4.